The number of nitrogens with one attached hydrogen (secondary N) is 1. The van der Waals surface area contributed by atoms with E-state index in [0.29, 0.717) is 18.7 Å². The van der Waals surface area contributed by atoms with Crippen LogP contribution in [0.4, 0.5) is 0 Å². The maximum Gasteiger partial charge on any atom is 0.251 e. The van der Waals surface area contributed by atoms with Crippen molar-refractivity contribution < 1.29 is 4.79 Å². The van der Waals surface area contributed by atoms with Crippen molar-refractivity contribution in [1.82, 2.24) is 24.6 Å². The standard InChI is InChI=1S/C17H19N5O.ClH/c1-13-10-14(2)22(20-13)16-5-3-4-15(11-16)17(23)19-7-9-21-8-6-18-12-21;/h3-6,8,10-12H,7,9H2,1-2H3,(H,19,23);1H. The lowest BCUT2D eigenvalue weighted by atomic mass is 10.2. The summed E-state index contributed by atoms with van der Waals surface area (Å²) in [6.07, 6.45) is 5.32. The first-order valence-corrected chi connectivity index (χ1v) is 7.51. The third-order valence-electron chi connectivity index (χ3n) is 3.58. The molecule has 6 nitrogen and oxygen atoms in total. The summed E-state index contributed by atoms with van der Waals surface area (Å²) in [6.45, 7) is 5.20. The summed E-state index contributed by atoms with van der Waals surface area (Å²) < 4.78 is 3.77. The number of imidazole rings is 1. The number of nitrogens with zero attached hydrogens (tertiary/aromatic N) is 4. The second kappa shape index (κ2) is 7.79. The van der Waals surface area contributed by atoms with Crippen LogP contribution in [-0.2, 0) is 6.54 Å². The average Bonchev–Trinajstić information content (AvgIpc) is 3.17. The second-order valence-electron chi connectivity index (χ2n) is 5.45. The molecule has 0 saturated carbocycles. The fraction of sp³-hybridized carbons (Fsp3) is 0.235. The van der Waals surface area contributed by atoms with Gasteiger partial charge in [0.25, 0.3) is 5.91 Å². The molecule has 3 rings (SSSR count). The van der Waals surface area contributed by atoms with Crippen molar-refractivity contribution in [3.05, 3.63) is 66.0 Å². The minimum absolute atomic E-state index is 0. The molecule has 1 N–H and O–H groups in total. The first-order chi connectivity index (χ1) is 11.1. The highest BCUT2D eigenvalue weighted by Gasteiger charge is 2.08. The van der Waals surface area contributed by atoms with Crippen molar-refractivity contribution in [3.63, 3.8) is 0 Å². The number of aromatic nitrogens is 4. The van der Waals surface area contributed by atoms with Gasteiger partial charge in [0.05, 0.1) is 17.7 Å². The Morgan fingerprint density at radius 1 is 1.25 bits per heavy atom. The van der Waals surface area contributed by atoms with Crippen molar-refractivity contribution in [2.75, 3.05) is 6.54 Å². The highest BCUT2D eigenvalue weighted by Crippen LogP contribution is 2.13. The number of hydrogen-bond acceptors (Lipinski definition) is 3. The number of carbonyl (C=O) groups is 1. The molecule has 0 fully saturated rings. The van der Waals surface area contributed by atoms with Gasteiger partial charge in [0.1, 0.15) is 0 Å². The molecule has 0 atom stereocenters. The van der Waals surface area contributed by atoms with E-state index in [1.165, 1.54) is 0 Å². The van der Waals surface area contributed by atoms with Crippen LogP contribution in [0.1, 0.15) is 21.7 Å². The van der Waals surface area contributed by atoms with Crippen LogP contribution in [0.2, 0.25) is 0 Å². The number of benzene rings is 1. The van der Waals surface area contributed by atoms with Crippen LogP contribution in [0.15, 0.2) is 49.1 Å². The molecule has 2 heterocycles. The van der Waals surface area contributed by atoms with Crippen LogP contribution >= 0.6 is 12.4 Å². The van der Waals surface area contributed by atoms with Gasteiger partial charge in [-0.1, -0.05) is 6.07 Å². The molecule has 0 aliphatic rings. The van der Waals surface area contributed by atoms with E-state index < -0.39 is 0 Å². The van der Waals surface area contributed by atoms with Gasteiger partial charge in [-0.15, -0.1) is 12.4 Å². The van der Waals surface area contributed by atoms with E-state index in [0.717, 1.165) is 17.1 Å². The SMILES string of the molecule is Cc1cc(C)n(-c2cccc(C(=O)NCCn3ccnc3)c2)n1.Cl. The maximum absolute atomic E-state index is 12.3. The molecule has 0 radical (unpaired) electrons. The van der Waals surface area contributed by atoms with Crippen LogP contribution in [-0.4, -0.2) is 31.8 Å². The van der Waals surface area contributed by atoms with Crippen molar-refractivity contribution in [2.24, 2.45) is 0 Å². The van der Waals surface area contributed by atoms with E-state index in [9.17, 15) is 4.79 Å². The molecule has 0 unspecified atom stereocenters. The van der Waals surface area contributed by atoms with E-state index in [1.807, 2.05) is 59.6 Å². The summed E-state index contributed by atoms with van der Waals surface area (Å²) >= 11 is 0. The number of carbonyl (C=O) groups excluding carboxylic acids is 1. The average molecular weight is 346 g/mol. The number of aryl methyl sites for hydroxylation is 2. The highest BCUT2D eigenvalue weighted by atomic mass is 35.5. The van der Waals surface area contributed by atoms with Gasteiger partial charge in [-0.3, -0.25) is 4.79 Å². The summed E-state index contributed by atoms with van der Waals surface area (Å²) in [5, 5.41) is 7.37. The van der Waals surface area contributed by atoms with Crippen LogP contribution in [0.5, 0.6) is 0 Å². The third kappa shape index (κ3) is 4.02. The molecule has 1 aromatic carbocycles. The number of hydrogen-bond donors (Lipinski definition) is 1. The first-order valence-electron chi connectivity index (χ1n) is 7.51. The van der Waals surface area contributed by atoms with Crippen LogP contribution < -0.4 is 5.32 Å². The van der Waals surface area contributed by atoms with Gasteiger partial charge in [-0.25, -0.2) is 9.67 Å². The molecule has 1 amide bonds. The molecule has 0 saturated heterocycles. The molecule has 0 aliphatic heterocycles. The summed E-state index contributed by atoms with van der Waals surface area (Å²) in [5.41, 5.74) is 3.51. The molecule has 24 heavy (non-hydrogen) atoms. The van der Waals surface area contributed by atoms with Gasteiger partial charge in [-0.05, 0) is 38.1 Å². The second-order valence-corrected chi connectivity index (χ2v) is 5.45. The zero-order chi connectivity index (χ0) is 16.2. The van der Waals surface area contributed by atoms with E-state index in [4.69, 9.17) is 0 Å². The van der Waals surface area contributed by atoms with Gasteiger partial charge >= 0.3 is 0 Å². The molecule has 3 aromatic rings. The molecule has 0 bridgehead atoms. The molecule has 0 aliphatic carbocycles. The molecule has 7 heteroatoms. The van der Waals surface area contributed by atoms with E-state index >= 15 is 0 Å². The van der Waals surface area contributed by atoms with Gasteiger partial charge < -0.3 is 9.88 Å². The Balaban J connectivity index is 0.00000208. The fourth-order valence-corrected chi connectivity index (χ4v) is 2.49. The summed E-state index contributed by atoms with van der Waals surface area (Å²) in [6, 6.07) is 9.49. The van der Waals surface area contributed by atoms with Crippen LogP contribution in [0.3, 0.4) is 0 Å². The summed E-state index contributed by atoms with van der Waals surface area (Å²) in [5.74, 6) is -0.0894. The van der Waals surface area contributed by atoms with Crippen molar-refractivity contribution in [3.8, 4) is 5.69 Å². The van der Waals surface area contributed by atoms with Gasteiger partial charge in [-0.2, -0.15) is 5.10 Å². The lowest BCUT2D eigenvalue weighted by Crippen LogP contribution is -2.27. The summed E-state index contributed by atoms with van der Waals surface area (Å²) in [4.78, 5) is 16.3. The number of amides is 1. The van der Waals surface area contributed by atoms with Crippen LogP contribution in [0, 0.1) is 13.8 Å². The quantitative estimate of drug-likeness (QED) is 0.772. The molecular weight excluding hydrogens is 326 g/mol. The normalized spacial score (nSPS) is 10.2. The Labute approximate surface area is 146 Å². The van der Waals surface area contributed by atoms with Gasteiger partial charge in [0, 0.05) is 36.7 Å². The van der Waals surface area contributed by atoms with Gasteiger partial charge in [0.15, 0.2) is 0 Å². The lowest BCUT2D eigenvalue weighted by molar-refractivity contribution is 0.0952. The number of halogens is 1. The van der Waals surface area contributed by atoms with Crippen LogP contribution in [0.25, 0.3) is 5.69 Å². The topological polar surface area (TPSA) is 64.7 Å². The Hall–Kier alpha value is -2.60. The Bertz CT molecular complexity index is 810. The predicted molar refractivity (Wildman–Crippen MR) is 94.8 cm³/mol. The largest absolute Gasteiger partial charge is 0.350 e. The molecular formula is C17H20ClN5O. The minimum Gasteiger partial charge on any atom is -0.350 e. The fourth-order valence-electron chi connectivity index (χ4n) is 2.49. The zero-order valence-corrected chi connectivity index (χ0v) is 14.5. The van der Waals surface area contributed by atoms with Crippen molar-refractivity contribution in [1.29, 1.82) is 0 Å². The van der Waals surface area contributed by atoms with E-state index in [-0.39, 0.29) is 18.3 Å². The minimum atomic E-state index is -0.0894. The monoisotopic (exact) mass is 345 g/mol. The lowest BCUT2D eigenvalue weighted by Gasteiger charge is -2.08. The summed E-state index contributed by atoms with van der Waals surface area (Å²) in [7, 11) is 0. The Morgan fingerprint density at radius 2 is 2.08 bits per heavy atom. The predicted octanol–water partition coefficient (Wildman–Crippen LogP) is 2.54. The Kier molecular flexibility index (Phi) is 5.76. The van der Waals surface area contributed by atoms with Crippen molar-refractivity contribution in [2.45, 2.75) is 20.4 Å². The highest BCUT2D eigenvalue weighted by molar-refractivity contribution is 5.94. The smallest absolute Gasteiger partial charge is 0.251 e. The van der Waals surface area contributed by atoms with Crippen molar-refractivity contribution >= 4 is 18.3 Å². The first kappa shape index (κ1) is 17.7. The molecule has 2 aromatic heterocycles. The third-order valence-corrected chi connectivity index (χ3v) is 3.58. The van der Waals surface area contributed by atoms with Gasteiger partial charge in [0.2, 0.25) is 0 Å². The maximum atomic E-state index is 12.3. The van der Waals surface area contributed by atoms with E-state index in [2.05, 4.69) is 15.4 Å². The molecule has 0 spiro atoms. The zero-order valence-electron chi connectivity index (χ0n) is 13.6. The van der Waals surface area contributed by atoms with E-state index in [1.54, 1.807) is 12.5 Å². The Morgan fingerprint density at radius 3 is 2.75 bits per heavy atom. The number of rotatable bonds is 5. The molecule has 126 valence electrons.